The Morgan fingerprint density at radius 2 is 2.18 bits per heavy atom. The van der Waals surface area contributed by atoms with E-state index in [1.54, 1.807) is 0 Å². The molecule has 62 valence electrons. The molecule has 0 bridgehead atoms. The molecule has 0 aliphatic heterocycles. The van der Waals surface area contributed by atoms with E-state index in [2.05, 4.69) is 19.9 Å². The summed E-state index contributed by atoms with van der Waals surface area (Å²) in [5.74, 6) is 1.51. The first-order valence-electron chi connectivity index (χ1n) is 4.38. The van der Waals surface area contributed by atoms with Crippen molar-refractivity contribution in [2.75, 3.05) is 0 Å². The summed E-state index contributed by atoms with van der Waals surface area (Å²) >= 11 is 0. The number of carbonyl (C=O) groups is 1. The highest BCUT2D eigenvalue weighted by molar-refractivity contribution is 5.73. The van der Waals surface area contributed by atoms with E-state index in [9.17, 15) is 4.79 Å². The second-order valence-electron chi connectivity index (χ2n) is 3.63. The maximum absolute atomic E-state index is 10.5. The summed E-state index contributed by atoms with van der Waals surface area (Å²) in [4.78, 5) is 10.5. The summed E-state index contributed by atoms with van der Waals surface area (Å²) in [6.45, 7) is 4.53. The van der Waals surface area contributed by atoms with Gasteiger partial charge in [0.1, 0.15) is 6.29 Å². The average molecular weight is 152 g/mol. The standard InChI is InChI=1S/C10H16O/c1-8-3-5-10(7-11)6-4-9(8)2/h5,7-9H,3-4,6H2,1-2H3. The van der Waals surface area contributed by atoms with Crippen molar-refractivity contribution in [3.63, 3.8) is 0 Å². The molecule has 0 N–H and O–H groups in total. The largest absolute Gasteiger partial charge is 0.298 e. The summed E-state index contributed by atoms with van der Waals surface area (Å²) < 4.78 is 0. The Morgan fingerprint density at radius 1 is 1.45 bits per heavy atom. The van der Waals surface area contributed by atoms with Crippen molar-refractivity contribution < 1.29 is 4.79 Å². The Morgan fingerprint density at radius 3 is 2.82 bits per heavy atom. The average Bonchev–Trinajstić information content (AvgIpc) is 2.16. The molecule has 11 heavy (non-hydrogen) atoms. The van der Waals surface area contributed by atoms with Gasteiger partial charge in [-0.2, -0.15) is 0 Å². The molecular formula is C10H16O. The van der Waals surface area contributed by atoms with Crippen molar-refractivity contribution in [1.82, 2.24) is 0 Å². The van der Waals surface area contributed by atoms with Gasteiger partial charge >= 0.3 is 0 Å². The van der Waals surface area contributed by atoms with Crippen LogP contribution in [0.3, 0.4) is 0 Å². The zero-order valence-electron chi connectivity index (χ0n) is 7.34. The summed E-state index contributed by atoms with van der Waals surface area (Å²) in [7, 11) is 0. The number of rotatable bonds is 1. The van der Waals surface area contributed by atoms with Gasteiger partial charge in [0.05, 0.1) is 0 Å². The quantitative estimate of drug-likeness (QED) is 0.528. The van der Waals surface area contributed by atoms with Crippen LogP contribution in [0.5, 0.6) is 0 Å². The molecule has 1 rings (SSSR count). The molecule has 0 aromatic rings. The molecule has 0 radical (unpaired) electrons. The molecule has 0 spiro atoms. The number of aldehydes is 1. The molecule has 1 heteroatoms. The van der Waals surface area contributed by atoms with Crippen molar-refractivity contribution in [3.8, 4) is 0 Å². The maximum Gasteiger partial charge on any atom is 0.145 e. The predicted molar refractivity (Wildman–Crippen MR) is 46.3 cm³/mol. The Labute approximate surface area is 68.5 Å². The predicted octanol–water partition coefficient (Wildman–Crippen LogP) is 2.57. The molecule has 2 atom stereocenters. The first-order chi connectivity index (χ1) is 5.24. The van der Waals surface area contributed by atoms with Gasteiger partial charge in [-0.3, -0.25) is 4.79 Å². The number of hydrogen-bond acceptors (Lipinski definition) is 1. The molecule has 1 nitrogen and oxygen atoms in total. The van der Waals surface area contributed by atoms with Crippen molar-refractivity contribution in [3.05, 3.63) is 11.6 Å². The van der Waals surface area contributed by atoms with Gasteiger partial charge in [0.2, 0.25) is 0 Å². The van der Waals surface area contributed by atoms with Crippen LogP contribution < -0.4 is 0 Å². The van der Waals surface area contributed by atoms with Gasteiger partial charge in [0.25, 0.3) is 0 Å². The van der Waals surface area contributed by atoms with E-state index in [-0.39, 0.29) is 0 Å². The van der Waals surface area contributed by atoms with E-state index < -0.39 is 0 Å². The van der Waals surface area contributed by atoms with Crippen LogP contribution >= 0.6 is 0 Å². The third kappa shape index (κ3) is 2.18. The minimum atomic E-state index is 0.743. The third-order valence-corrected chi connectivity index (χ3v) is 2.76. The zero-order valence-corrected chi connectivity index (χ0v) is 7.34. The van der Waals surface area contributed by atoms with Crippen LogP contribution in [0.25, 0.3) is 0 Å². The van der Waals surface area contributed by atoms with Gasteiger partial charge in [-0.15, -0.1) is 0 Å². The first kappa shape index (κ1) is 8.51. The van der Waals surface area contributed by atoms with Gasteiger partial charge in [0, 0.05) is 0 Å². The molecular weight excluding hydrogens is 136 g/mol. The molecule has 2 unspecified atom stereocenters. The Balaban J connectivity index is 2.58. The van der Waals surface area contributed by atoms with Gasteiger partial charge in [0.15, 0.2) is 0 Å². The number of hydrogen-bond donors (Lipinski definition) is 0. The fourth-order valence-corrected chi connectivity index (χ4v) is 1.46. The zero-order chi connectivity index (χ0) is 8.27. The van der Waals surface area contributed by atoms with Crippen LogP contribution in [-0.2, 0) is 4.79 Å². The minimum absolute atomic E-state index is 0.743. The molecule has 0 heterocycles. The van der Waals surface area contributed by atoms with E-state index in [4.69, 9.17) is 0 Å². The number of allylic oxidation sites excluding steroid dienone is 2. The van der Waals surface area contributed by atoms with Crippen molar-refractivity contribution >= 4 is 6.29 Å². The lowest BCUT2D eigenvalue weighted by molar-refractivity contribution is -0.105. The molecule has 0 amide bonds. The second-order valence-corrected chi connectivity index (χ2v) is 3.63. The second kappa shape index (κ2) is 3.70. The van der Waals surface area contributed by atoms with Gasteiger partial charge in [-0.05, 0) is 36.7 Å². The van der Waals surface area contributed by atoms with Crippen molar-refractivity contribution in [2.45, 2.75) is 33.1 Å². The van der Waals surface area contributed by atoms with E-state index in [0.717, 1.165) is 36.5 Å². The van der Waals surface area contributed by atoms with E-state index in [0.29, 0.717) is 0 Å². The van der Waals surface area contributed by atoms with Gasteiger partial charge in [-0.1, -0.05) is 19.9 Å². The van der Waals surface area contributed by atoms with Crippen molar-refractivity contribution in [2.24, 2.45) is 11.8 Å². The first-order valence-corrected chi connectivity index (χ1v) is 4.38. The van der Waals surface area contributed by atoms with Crippen LogP contribution in [0.2, 0.25) is 0 Å². The summed E-state index contributed by atoms with van der Waals surface area (Å²) in [5.41, 5.74) is 1.00. The lowest BCUT2D eigenvalue weighted by Gasteiger charge is -2.14. The third-order valence-electron chi connectivity index (χ3n) is 2.76. The minimum Gasteiger partial charge on any atom is -0.298 e. The van der Waals surface area contributed by atoms with Crippen LogP contribution in [0, 0.1) is 11.8 Å². The van der Waals surface area contributed by atoms with E-state index in [1.807, 2.05) is 0 Å². The van der Waals surface area contributed by atoms with Crippen LogP contribution in [0.4, 0.5) is 0 Å². The monoisotopic (exact) mass is 152 g/mol. The van der Waals surface area contributed by atoms with Crippen LogP contribution in [-0.4, -0.2) is 6.29 Å². The summed E-state index contributed by atoms with van der Waals surface area (Å²) in [5, 5.41) is 0. The molecule has 0 fully saturated rings. The van der Waals surface area contributed by atoms with Gasteiger partial charge in [-0.25, -0.2) is 0 Å². The highest BCUT2D eigenvalue weighted by Crippen LogP contribution is 2.26. The molecule has 0 aromatic carbocycles. The lowest BCUT2D eigenvalue weighted by Crippen LogP contribution is -2.04. The SMILES string of the molecule is CC1CC=C(C=O)CCC1C. The molecule has 0 saturated carbocycles. The Bertz CT molecular complexity index is 170. The number of carbonyl (C=O) groups excluding carboxylic acids is 1. The highest BCUT2D eigenvalue weighted by Gasteiger charge is 2.14. The molecule has 1 aliphatic rings. The van der Waals surface area contributed by atoms with E-state index >= 15 is 0 Å². The maximum atomic E-state index is 10.5. The Hall–Kier alpha value is -0.590. The highest BCUT2D eigenvalue weighted by atomic mass is 16.1. The fourth-order valence-electron chi connectivity index (χ4n) is 1.46. The summed E-state index contributed by atoms with van der Waals surface area (Å²) in [6, 6.07) is 0. The molecule has 0 saturated heterocycles. The van der Waals surface area contributed by atoms with E-state index in [1.165, 1.54) is 6.42 Å². The topological polar surface area (TPSA) is 17.1 Å². The molecule has 0 aromatic heterocycles. The molecule has 1 aliphatic carbocycles. The smallest absolute Gasteiger partial charge is 0.145 e. The fraction of sp³-hybridized carbons (Fsp3) is 0.700. The lowest BCUT2D eigenvalue weighted by atomic mass is 9.91. The normalized spacial score (nSPS) is 32.4. The van der Waals surface area contributed by atoms with Crippen molar-refractivity contribution in [1.29, 1.82) is 0 Å². The van der Waals surface area contributed by atoms with Crippen LogP contribution in [0.15, 0.2) is 11.6 Å². The summed E-state index contributed by atoms with van der Waals surface area (Å²) in [6.07, 6.45) is 6.34. The van der Waals surface area contributed by atoms with Crippen LogP contribution in [0.1, 0.15) is 33.1 Å². The Kier molecular flexibility index (Phi) is 2.86. The van der Waals surface area contributed by atoms with Gasteiger partial charge < -0.3 is 0 Å².